The van der Waals surface area contributed by atoms with E-state index in [0.29, 0.717) is 12.2 Å². The van der Waals surface area contributed by atoms with E-state index in [4.69, 9.17) is 0 Å². The van der Waals surface area contributed by atoms with E-state index in [0.717, 1.165) is 38.0 Å². The molecular formula is C17H23NO. The molecule has 1 aromatic rings. The fraction of sp³-hybridized carbons (Fsp3) is 0.471. The van der Waals surface area contributed by atoms with Crippen LogP contribution in [-0.4, -0.2) is 23.8 Å². The number of nitrogens with zero attached hydrogens (tertiary/aromatic N) is 1. The van der Waals surface area contributed by atoms with Crippen molar-refractivity contribution in [3.8, 4) is 0 Å². The second-order valence-electron chi connectivity index (χ2n) is 5.34. The SMILES string of the molecule is C=Cc1cccc(CN2CCCC(C(=O)CC)C2)c1. The van der Waals surface area contributed by atoms with Gasteiger partial charge in [0, 0.05) is 25.4 Å². The number of ketones is 1. The van der Waals surface area contributed by atoms with Crippen LogP contribution in [0.2, 0.25) is 0 Å². The van der Waals surface area contributed by atoms with Crippen LogP contribution in [0.15, 0.2) is 30.8 Å². The van der Waals surface area contributed by atoms with E-state index in [1.807, 2.05) is 13.0 Å². The Labute approximate surface area is 116 Å². The molecule has 0 aliphatic carbocycles. The zero-order chi connectivity index (χ0) is 13.7. The molecule has 0 saturated carbocycles. The second kappa shape index (κ2) is 6.67. The highest BCUT2D eigenvalue weighted by molar-refractivity contribution is 5.80. The van der Waals surface area contributed by atoms with Crippen molar-refractivity contribution in [1.29, 1.82) is 0 Å². The average molecular weight is 257 g/mol. The van der Waals surface area contributed by atoms with Gasteiger partial charge in [0.1, 0.15) is 5.78 Å². The van der Waals surface area contributed by atoms with Gasteiger partial charge in [0.15, 0.2) is 0 Å². The number of hydrogen-bond acceptors (Lipinski definition) is 2. The lowest BCUT2D eigenvalue weighted by molar-refractivity contribution is -0.124. The largest absolute Gasteiger partial charge is 0.299 e. The molecule has 19 heavy (non-hydrogen) atoms. The van der Waals surface area contributed by atoms with Crippen LogP contribution in [0.25, 0.3) is 6.08 Å². The molecule has 2 nitrogen and oxygen atoms in total. The summed E-state index contributed by atoms with van der Waals surface area (Å²) in [6.07, 6.45) is 4.75. The Bertz CT molecular complexity index is 452. The molecule has 1 unspecified atom stereocenters. The Morgan fingerprint density at radius 2 is 2.37 bits per heavy atom. The number of likely N-dealkylation sites (tertiary alicyclic amines) is 1. The normalized spacial score (nSPS) is 20.2. The first-order chi connectivity index (χ1) is 9.22. The smallest absolute Gasteiger partial charge is 0.136 e. The van der Waals surface area contributed by atoms with E-state index >= 15 is 0 Å². The molecule has 102 valence electrons. The first-order valence-corrected chi connectivity index (χ1v) is 7.19. The zero-order valence-electron chi connectivity index (χ0n) is 11.8. The number of Topliss-reactive ketones (excluding diaryl/α,β-unsaturated/α-hetero) is 1. The standard InChI is InChI=1S/C17H23NO/c1-3-14-7-5-8-15(11-14)12-18-10-6-9-16(13-18)17(19)4-2/h3,5,7-8,11,16H,1,4,6,9-10,12-13H2,2H3. The Morgan fingerprint density at radius 3 is 3.11 bits per heavy atom. The summed E-state index contributed by atoms with van der Waals surface area (Å²) in [5.74, 6) is 0.672. The fourth-order valence-electron chi connectivity index (χ4n) is 2.83. The maximum absolute atomic E-state index is 11.8. The van der Waals surface area contributed by atoms with Gasteiger partial charge in [-0.1, -0.05) is 43.8 Å². The first-order valence-electron chi connectivity index (χ1n) is 7.19. The molecule has 1 aliphatic rings. The van der Waals surface area contributed by atoms with E-state index in [9.17, 15) is 4.79 Å². The van der Waals surface area contributed by atoms with Crippen LogP contribution in [0.3, 0.4) is 0 Å². The number of carbonyl (C=O) groups is 1. The van der Waals surface area contributed by atoms with Crippen molar-refractivity contribution in [3.05, 3.63) is 42.0 Å². The van der Waals surface area contributed by atoms with Crippen molar-refractivity contribution in [2.75, 3.05) is 13.1 Å². The third-order valence-electron chi connectivity index (χ3n) is 3.90. The molecule has 1 saturated heterocycles. The third kappa shape index (κ3) is 3.77. The number of benzene rings is 1. The minimum atomic E-state index is 0.251. The van der Waals surface area contributed by atoms with Gasteiger partial charge in [0.2, 0.25) is 0 Å². The average Bonchev–Trinajstić information content (AvgIpc) is 2.47. The van der Waals surface area contributed by atoms with Crippen molar-refractivity contribution < 1.29 is 4.79 Å². The predicted molar refractivity (Wildman–Crippen MR) is 79.8 cm³/mol. The van der Waals surface area contributed by atoms with Crippen LogP contribution in [0.1, 0.15) is 37.3 Å². The Balaban J connectivity index is 1.98. The van der Waals surface area contributed by atoms with Crippen molar-refractivity contribution in [2.24, 2.45) is 5.92 Å². The number of hydrogen-bond donors (Lipinski definition) is 0. The molecule has 0 bridgehead atoms. The highest BCUT2D eigenvalue weighted by Crippen LogP contribution is 2.20. The van der Waals surface area contributed by atoms with Crippen molar-refractivity contribution in [2.45, 2.75) is 32.7 Å². The molecular weight excluding hydrogens is 234 g/mol. The van der Waals surface area contributed by atoms with Gasteiger partial charge < -0.3 is 0 Å². The minimum Gasteiger partial charge on any atom is -0.299 e. The predicted octanol–water partition coefficient (Wildman–Crippen LogP) is 3.52. The Morgan fingerprint density at radius 1 is 1.53 bits per heavy atom. The van der Waals surface area contributed by atoms with Crippen molar-refractivity contribution in [1.82, 2.24) is 4.90 Å². The summed E-state index contributed by atoms with van der Waals surface area (Å²) >= 11 is 0. The highest BCUT2D eigenvalue weighted by Gasteiger charge is 2.24. The topological polar surface area (TPSA) is 20.3 Å². The summed E-state index contributed by atoms with van der Waals surface area (Å²) in [5, 5.41) is 0. The van der Waals surface area contributed by atoms with E-state index in [2.05, 4.69) is 35.7 Å². The minimum absolute atomic E-state index is 0.251. The van der Waals surface area contributed by atoms with Crippen molar-refractivity contribution >= 4 is 11.9 Å². The summed E-state index contributed by atoms with van der Waals surface area (Å²) < 4.78 is 0. The van der Waals surface area contributed by atoms with E-state index in [1.165, 1.54) is 5.56 Å². The number of piperidine rings is 1. The van der Waals surface area contributed by atoms with E-state index in [1.54, 1.807) is 0 Å². The van der Waals surface area contributed by atoms with Crippen LogP contribution in [0, 0.1) is 5.92 Å². The first kappa shape index (κ1) is 14.0. The maximum atomic E-state index is 11.8. The number of rotatable bonds is 5. The maximum Gasteiger partial charge on any atom is 0.136 e. The van der Waals surface area contributed by atoms with Gasteiger partial charge in [0.05, 0.1) is 0 Å². The monoisotopic (exact) mass is 257 g/mol. The summed E-state index contributed by atoms with van der Waals surface area (Å²) in [6, 6.07) is 8.47. The molecule has 0 radical (unpaired) electrons. The Kier molecular flexibility index (Phi) is 4.92. The number of carbonyl (C=O) groups excluding carboxylic acids is 1. The van der Waals surface area contributed by atoms with Crippen LogP contribution in [-0.2, 0) is 11.3 Å². The quantitative estimate of drug-likeness (QED) is 0.804. The molecule has 1 aromatic carbocycles. The molecule has 1 atom stereocenters. The van der Waals surface area contributed by atoms with Crippen LogP contribution < -0.4 is 0 Å². The second-order valence-corrected chi connectivity index (χ2v) is 5.34. The summed E-state index contributed by atoms with van der Waals surface area (Å²) in [5.41, 5.74) is 2.47. The van der Waals surface area contributed by atoms with Crippen LogP contribution in [0.5, 0.6) is 0 Å². The van der Waals surface area contributed by atoms with Gasteiger partial charge in [-0.2, -0.15) is 0 Å². The highest BCUT2D eigenvalue weighted by atomic mass is 16.1. The molecule has 0 amide bonds. The molecule has 0 spiro atoms. The molecule has 0 N–H and O–H groups in total. The lowest BCUT2D eigenvalue weighted by Gasteiger charge is -2.32. The Hall–Kier alpha value is -1.41. The van der Waals surface area contributed by atoms with Gasteiger partial charge in [-0.25, -0.2) is 0 Å². The van der Waals surface area contributed by atoms with Gasteiger partial charge in [-0.05, 0) is 30.5 Å². The summed E-state index contributed by atoms with van der Waals surface area (Å²) in [7, 11) is 0. The molecule has 1 aliphatic heterocycles. The fourth-order valence-corrected chi connectivity index (χ4v) is 2.83. The molecule has 0 aromatic heterocycles. The lowest BCUT2D eigenvalue weighted by Crippen LogP contribution is -2.38. The van der Waals surface area contributed by atoms with Crippen LogP contribution >= 0.6 is 0 Å². The van der Waals surface area contributed by atoms with Gasteiger partial charge >= 0.3 is 0 Å². The van der Waals surface area contributed by atoms with Gasteiger partial charge in [0.25, 0.3) is 0 Å². The lowest BCUT2D eigenvalue weighted by atomic mass is 9.92. The molecule has 2 rings (SSSR count). The third-order valence-corrected chi connectivity index (χ3v) is 3.90. The van der Waals surface area contributed by atoms with Crippen LogP contribution in [0.4, 0.5) is 0 Å². The van der Waals surface area contributed by atoms with E-state index < -0.39 is 0 Å². The molecule has 1 fully saturated rings. The van der Waals surface area contributed by atoms with E-state index in [-0.39, 0.29) is 5.92 Å². The van der Waals surface area contributed by atoms with Crippen molar-refractivity contribution in [3.63, 3.8) is 0 Å². The molecule has 1 heterocycles. The van der Waals surface area contributed by atoms with Gasteiger partial charge in [-0.15, -0.1) is 0 Å². The molecule has 2 heteroatoms. The van der Waals surface area contributed by atoms with Gasteiger partial charge in [-0.3, -0.25) is 9.69 Å². The summed E-state index contributed by atoms with van der Waals surface area (Å²) in [4.78, 5) is 14.2. The summed E-state index contributed by atoms with van der Waals surface area (Å²) in [6.45, 7) is 8.74. The zero-order valence-corrected chi connectivity index (χ0v) is 11.8.